The third kappa shape index (κ3) is 0.783. The highest BCUT2D eigenvalue weighted by Gasteiger charge is 2.09. The Kier molecular flexibility index (Phi) is 1.16. The average Bonchev–Trinajstić information content (AvgIpc) is 2.33. The largest absolute Gasteiger partial charge is 0.399 e. The maximum absolute atomic E-state index is 5.59. The predicted molar refractivity (Wildman–Crippen MR) is 41.5 cm³/mol. The molecule has 0 bridgehead atoms. The molecule has 1 aromatic rings. The summed E-state index contributed by atoms with van der Waals surface area (Å²) in [7, 11) is 0. The van der Waals surface area contributed by atoms with Gasteiger partial charge in [0.15, 0.2) is 0 Å². The Morgan fingerprint density at radius 3 is 3.20 bits per heavy atom. The van der Waals surface area contributed by atoms with Gasteiger partial charge in [0.05, 0.1) is 0 Å². The first-order chi connectivity index (χ1) is 4.86. The molecule has 50 valence electrons. The van der Waals surface area contributed by atoms with Gasteiger partial charge in [-0.05, 0) is 36.1 Å². The molecule has 0 aromatic heterocycles. The number of benzene rings is 1. The van der Waals surface area contributed by atoms with E-state index in [0.717, 1.165) is 18.5 Å². The fraction of sp³-hybridized carbons (Fsp3) is 0.222. The highest BCUT2D eigenvalue weighted by atomic mass is 14.5. The van der Waals surface area contributed by atoms with Crippen molar-refractivity contribution in [1.82, 2.24) is 0 Å². The zero-order valence-electron chi connectivity index (χ0n) is 5.72. The monoisotopic (exact) mass is 131 g/mol. The molecule has 10 heavy (non-hydrogen) atoms. The minimum absolute atomic E-state index is 0.841. The van der Waals surface area contributed by atoms with E-state index in [0.29, 0.717) is 0 Å². The first-order valence-electron chi connectivity index (χ1n) is 3.48. The second kappa shape index (κ2) is 2.01. The van der Waals surface area contributed by atoms with Crippen LogP contribution < -0.4 is 5.73 Å². The van der Waals surface area contributed by atoms with Crippen molar-refractivity contribution in [2.24, 2.45) is 0 Å². The van der Waals surface area contributed by atoms with Crippen molar-refractivity contribution >= 4 is 5.69 Å². The molecule has 0 saturated heterocycles. The van der Waals surface area contributed by atoms with Crippen LogP contribution in [0.3, 0.4) is 0 Å². The maximum Gasteiger partial charge on any atom is 0.0317 e. The molecule has 1 aliphatic rings. The van der Waals surface area contributed by atoms with E-state index in [-0.39, 0.29) is 0 Å². The molecule has 1 nitrogen and oxygen atoms in total. The number of nitrogens with two attached hydrogens (primary N) is 1. The molecule has 2 radical (unpaired) electrons. The molecule has 2 rings (SSSR count). The van der Waals surface area contributed by atoms with Crippen LogP contribution >= 0.6 is 0 Å². The Labute approximate surface area is 60.9 Å². The van der Waals surface area contributed by atoms with Crippen LogP contribution in [0.15, 0.2) is 18.2 Å². The predicted octanol–water partition coefficient (Wildman–Crippen LogP) is 1.64. The SMILES string of the molecule is Nc1ccc2c(c1)[C]CC2. The minimum Gasteiger partial charge on any atom is -0.399 e. The second-order valence-corrected chi connectivity index (χ2v) is 2.59. The molecule has 0 fully saturated rings. The van der Waals surface area contributed by atoms with E-state index in [9.17, 15) is 0 Å². The van der Waals surface area contributed by atoms with Crippen molar-refractivity contribution in [2.75, 3.05) is 5.73 Å². The van der Waals surface area contributed by atoms with Crippen molar-refractivity contribution in [3.05, 3.63) is 35.7 Å². The summed E-state index contributed by atoms with van der Waals surface area (Å²) < 4.78 is 0. The number of rotatable bonds is 0. The van der Waals surface area contributed by atoms with E-state index in [1.54, 1.807) is 0 Å². The topological polar surface area (TPSA) is 26.0 Å². The third-order valence-corrected chi connectivity index (χ3v) is 1.84. The summed E-state index contributed by atoms with van der Waals surface area (Å²) in [6.07, 6.45) is 5.45. The van der Waals surface area contributed by atoms with Gasteiger partial charge in [-0.1, -0.05) is 6.07 Å². The molecule has 1 aliphatic carbocycles. The minimum atomic E-state index is 0.841. The molecule has 1 heteroatoms. The van der Waals surface area contributed by atoms with Crippen molar-refractivity contribution in [1.29, 1.82) is 0 Å². The Morgan fingerprint density at radius 1 is 1.40 bits per heavy atom. The van der Waals surface area contributed by atoms with Gasteiger partial charge in [0.2, 0.25) is 0 Å². The third-order valence-electron chi connectivity index (χ3n) is 1.84. The van der Waals surface area contributed by atoms with E-state index < -0.39 is 0 Å². The fourth-order valence-electron chi connectivity index (χ4n) is 1.31. The number of aryl methyl sites for hydroxylation is 1. The van der Waals surface area contributed by atoms with Crippen molar-refractivity contribution < 1.29 is 0 Å². The molecule has 0 amide bonds. The molecule has 0 atom stereocenters. The zero-order chi connectivity index (χ0) is 6.97. The van der Waals surface area contributed by atoms with Crippen LogP contribution in [0, 0.1) is 6.42 Å². The van der Waals surface area contributed by atoms with Gasteiger partial charge in [-0.2, -0.15) is 0 Å². The first-order valence-corrected chi connectivity index (χ1v) is 3.48. The summed E-state index contributed by atoms with van der Waals surface area (Å²) in [6.45, 7) is 0. The van der Waals surface area contributed by atoms with Crippen LogP contribution in [0.1, 0.15) is 17.5 Å². The lowest BCUT2D eigenvalue weighted by Crippen LogP contribution is -1.86. The molecule has 2 N–H and O–H groups in total. The van der Waals surface area contributed by atoms with Gasteiger partial charge in [-0.3, -0.25) is 0 Å². The Morgan fingerprint density at radius 2 is 2.30 bits per heavy atom. The van der Waals surface area contributed by atoms with Gasteiger partial charge in [0, 0.05) is 12.1 Å². The lowest BCUT2D eigenvalue weighted by atomic mass is 10.1. The molecule has 1 aromatic carbocycles. The number of fused-ring (bicyclic) bond motifs is 1. The highest BCUT2D eigenvalue weighted by molar-refractivity contribution is 5.49. The van der Waals surface area contributed by atoms with Crippen LogP contribution in [0.5, 0.6) is 0 Å². The molecule has 0 spiro atoms. The Hall–Kier alpha value is -0.980. The fourth-order valence-corrected chi connectivity index (χ4v) is 1.31. The number of hydrogen-bond acceptors (Lipinski definition) is 1. The smallest absolute Gasteiger partial charge is 0.0317 e. The maximum atomic E-state index is 5.59. The van der Waals surface area contributed by atoms with Gasteiger partial charge < -0.3 is 5.73 Å². The van der Waals surface area contributed by atoms with E-state index in [4.69, 9.17) is 5.73 Å². The second-order valence-electron chi connectivity index (χ2n) is 2.59. The Balaban J connectivity index is 2.52. The van der Waals surface area contributed by atoms with Gasteiger partial charge >= 0.3 is 0 Å². The van der Waals surface area contributed by atoms with Crippen LogP contribution in [0.4, 0.5) is 5.69 Å². The Bertz CT molecular complexity index is 253. The summed E-state index contributed by atoms with van der Waals surface area (Å²) >= 11 is 0. The first kappa shape index (κ1) is 5.78. The standard InChI is InChI=1S/C9H9N/c10-9-5-4-7-2-1-3-8(7)6-9/h4-6H,1-2,10H2. The number of hydrogen-bond donors (Lipinski definition) is 1. The average molecular weight is 131 g/mol. The number of anilines is 1. The summed E-state index contributed by atoms with van der Waals surface area (Å²) in [5.74, 6) is 0. The van der Waals surface area contributed by atoms with Gasteiger partial charge in [-0.25, -0.2) is 0 Å². The molecular formula is C9H9N. The lowest BCUT2D eigenvalue weighted by molar-refractivity contribution is 1.03. The summed E-state index contributed by atoms with van der Waals surface area (Å²) in [5.41, 5.74) is 9.02. The van der Waals surface area contributed by atoms with Crippen molar-refractivity contribution in [3.63, 3.8) is 0 Å². The van der Waals surface area contributed by atoms with E-state index >= 15 is 0 Å². The molecule has 0 saturated carbocycles. The van der Waals surface area contributed by atoms with Crippen LogP contribution in [-0.4, -0.2) is 0 Å². The van der Waals surface area contributed by atoms with Gasteiger partial charge in [0.1, 0.15) is 0 Å². The summed E-state index contributed by atoms with van der Waals surface area (Å²) in [5, 5.41) is 0. The number of nitrogen functional groups attached to an aromatic ring is 1. The summed E-state index contributed by atoms with van der Waals surface area (Å²) in [4.78, 5) is 0. The lowest BCUT2D eigenvalue weighted by Gasteiger charge is -1.97. The quantitative estimate of drug-likeness (QED) is 0.532. The van der Waals surface area contributed by atoms with E-state index in [1.165, 1.54) is 11.1 Å². The zero-order valence-corrected chi connectivity index (χ0v) is 5.72. The summed E-state index contributed by atoms with van der Waals surface area (Å²) in [6, 6.07) is 6.03. The van der Waals surface area contributed by atoms with Gasteiger partial charge in [0.25, 0.3) is 0 Å². The highest BCUT2D eigenvalue weighted by Crippen LogP contribution is 2.24. The van der Waals surface area contributed by atoms with E-state index in [2.05, 4.69) is 12.5 Å². The van der Waals surface area contributed by atoms with Crippen LogP contribution in [0.2, 0.25) is 0 Å². The van der Waals surface area contributed by atoms with E-state index in [1.807, 2.05) is 12.1 Å². The van der Waals surface area contributed by atoms with Crippen molar-refractivity contribution in [2.45, 2.75) is 12.8 Å². The molecule has 0 aliphatic heterocycles. The van der Waals surface area contributed by atoms with Gasteiger partial charge in [-0.15, -0.1) is 0 Å². The molecule has 0 unspecified atom stereocenters. The molecule has 0 heterocycles. The van der Waals surface area contributed by atoms with Crippen LogP contribution in [0.25, 0.3) is 0 Å². The van der Waals surface area contributed by atoms with Crippen molar-refractivity contribution in [3.8, 4) is 0 Å². The van der Waals surface area contributed by atoms with Crippen LogP contribution in [-0.2, 0) is 6.42 Å². The molecular weight excluding hydrogens is 122 g/mol. The normalized spacial score (nSPS) is 15.2.